The van der Waals surface area contributed by atoms with Crippen molar-refractivity contribution in [2.45, 2.75) is 38.9 Å². The molecular formula is C10H19NO3. The minimum atomic E-state index is -0.742. The predicted octanol–water partition coefficient (Wildman–Crippen LogP) is 0.960. The summed E-state index contributed by atoms with van der Waals surface area (Å²) in [4.78, 5) is 12.4. The summed E-state index contributed by atoms with van der Waals surface area (Å²) in [5.74, 6) is -0.742. The first-order valence-corrected chi connectivity index (χ1v) is 5.17. The Balaban J connectivity index is 2.21. The molecule has 14 heavy (non-hydrogen) atoms. The molecule has 4 heteroatoms. The Hall–Kier alpha value is -0.610. The molecular weight excluding hydrogens is 182 g/mol. The van der Waals surface area contributed by atoms with Crippen molar-refractivity contribution in [3.05, 3.63) is 0 Å². The SMILES string of the molecule is CC(C)OC1CCN(CC(=O)O)CC1. The Morgan fingerprint density at radius 3 is 2.50 bits per heavy atom. The minimum Gasteiger partial charge on any atom is -0.480 e. The van der Waals surface area contributed by atoms with Crippen molar-refractivity contribution in [2.24, 2.45) is 0 Å². The molecule has 1 aliphatic rings. The number of carbonyl (C=O) groups is 1. The lowest BCUT2D eigenvalue weighted by Crippen LogP contribution is -2.40. The Morgan fingerprint density at radius 1 is 1.50 bits per heavy atom. The number of nitrogens with zero attached hydrogens (tertiary/aromatic N) is 1. The van der Waals surface area contributed by atoms with E-state index in [9.17, 15) is 4.79 Å². The van der Waals surface area contributed by atoms with Crippen LogP contribution >= 0.6 is 0 Å². The third-order valence-corrected chi connectivity index (χ3v) is 2.36. The second-order valence-electron chi connectivity index (χ2n) is 4.05. The van der Waals surface area contributed by atoms with Gasteiger partial charge in [-0.15, -0.1) is 0 Å². The van der Waals surface area contributed by atoms with Crippen molar-refractivity contribution in [2.75, 3.05) is 19.6 Å². The van der Waals surface area contributed by atoms with E-state index in [1.807, 2.05) is 18.7 Å². The number of carboxylic acids is 1. The molecule has 82 valence electrons. The number of rotatable bonds is 4. The molecule has 0 unspecified atom stereocenters. The van der Waals surface area contributed by atoms with E-state index in [4.69, 9.17) is 9.84 Å². The fourth-order valence-electron chi connectivity index (χ4n) is 1.78. The molecule has 0 amide bonds. The van der Waals surface area contributed by atoms with Crippen LogP contribution in [0, 0.1) is 0 Å². The number of ether oxygens (including phenoxy) is 1. The van der Waals surface area contributed by atoms with E-state index in [0.29, 0.717) is 6.10 Å². The van der Waals surface area contributed by atoms with Crippen molar-refractivity contribution < 1.29 is 14.6 Å². The highest BCUT2D eigenvalue weighted by atomic mass is 16.5. The van der Waals surface area contributed by atoms with Crippen LogP contribution in [-0.4, -0.2) is 47.8 Å². The molecule has 0 atom stereocenters. The highest BCUT2D eigenvalue weighted by Crippen LogP contribution is 2.14. The summed E-state index contributed by atoms with van der Waals surface area (Å²) in [6.07, 6.45) is 2.49. The monoisotopic (exact) mass is 201 g/mol. The molecule has 1 heterocycles. The molecule has 1 rings (SSSR count). The van der Waals surface area contributed by atoms with E-state index in [2.05, 4.69) is 0 Å². The largest absolute Gasteiger partial charge is 0.480 e. The Bertz CT molecular complexity index is 186. The summed E-state index contributed by atoms with van der Waals surface area (Å²) in [6, 6.07) is 0. The molecule has 0 aromatic heterocycles. The molecule has 1 fully saturated rings. The molecule has 0 radical (unpaired) electrons. The fraction of sp³-hybridized carbons (Fsp3) is 0.900. The van der Waals surface area contributed by atoms with Gasteiger partial charge in [0.25, 0.3) is 0 Å². The summed E-state index contributed by atoms with van der Waals surface area (Å²) < 4.78 is 5.67. The van der Waals surface area contributed by atoms with E-state index >= 15 is 0 Å². The van der Waals surface area contributed by atoms with Crippen LogP contribution in [0.2, 0.25) is 0 Å². The van der Waals surface area contributed by atoms with Crippen LogP contribution in [0.15, 0.2) is 0 Å². The normalized spacial score (nSPS) is 20.2. The lowest BCUT2D eigenvalue weighted by atomic mass is 10.1. The lowest BCUT2D eigenvalue weighted by Gasteiger charge is -2.31. The topological polar surface area (TPSA) is 49.8 Å². The van der Waals surface area contributed by atoms with Gasteiger partial charge in [-0.25, -0.2) is 0 Å². The number of carboxylic acid groups (broad SMARTS) is 1. The maximum absolute atomic E-state index is 10.5. The van der Waals surface area contributed by atoms with E-state index in [1.165, 1.54) is 0 Å². The molecule has 0 spiro atoms. The van der Waals surface area contributed by atoms with Gasteiger partial charge in [-0.3, -0.25) is 9.69 Å². The summed E-state index contributed by atoms with van der Waals surface area (Å²) in [6.45, 7) is 5.90. The van der Waals surface area contributed by atoms with Crippen LogP contribution in [0.4, 0.5) is 0 Å². The Morgan fingerprint density at radius 2 is 2.07 bits per heavy atom. The summed E-state index contributed by atoms with van der Waals surface area (Å²) >= 11 is 0. The van der Waals surface area contributed by atoms with Gasteiger partial charge in [0.05, 0.1) is 18.8 Å². The first-order chi connectivity index (χ1) is 6.58. The van der Waals surface area contributed by atoms with E-state index < -0.39 is 5.97 Å². The molecule has 0 aromatic rings. The summed E-state index contributed by atoms with van der Waals surface area (Å²) in [5.41, 5.74) is 0. The van der Waals surface area contributed by atoms with E-state index in [0.717, 1.165) is 25.9 Å². The highest BCUT2D eigenvalue weighted by molar-refractivity contribution is 5.69. The standard InChI is InChI=1S/C10H19NO3/c1-8(2)14-9-3-5-11(6-4-9)7-10(12)13/h8-9H,3-7H2,1-2H3,(H,12,13). The molecule has 0 aliphatic carbocycles. The minimum absolute atomic E-state index is 0.161. The number of hydrogen-bond donors (Lipinski definition) is 1. The van der Waals surface area contributed by atoms with Gasteiger partial charge in [0.2, 0.25) is 0 Å². The van der Waals surface area contributed by atoms with Crippen molar-refractivity contribution in [3.63, 3.8) is 0 Å². The highest BCUT2D eigenvalue weighted by Gasteiger charge is 2.21. The third kappa shape index (κ3) is 4.07. The van der Waals surface area contributed by atoms with Crippen LogP contribution in [0.1, 0.15) is 26.7 Å². The van der Waals surface area contributed by atoms with E-state index in [-0.39, 0.29) is 12.6 Å². The number of aliphatic carboxylic acids is 1. The number of hydrogen-bond acceptors (Lipinski definition) is 3. The molecule has 0 aromatic carbocycles. The van der Waals surface area contributed by atoms with Crippen molar-refractivity contribution in [1.82, 2.24) is 4.90 Å². The van der Waals surface area contributed by atoms with Crippen molar-refractivity contribution in [1.29, 1.82) is 0 Å². The molecule has 4 nitrogen and oxygen atoms in total. The van der Waals surface area contributed by atoms with Gasteiger partial charge in [0.15, 0.2) is 0 Å². The maximum atomic E-state index is 10.5. The van der Waals surface area contributed by atoms with Crippen LogP contribution in [-0.2, 0) is 9.53 Å². The first kappa shape index (κ1) is 11.5. The zero-order valence-corrected chi connectivity index (χ0v) is 8.90. The molecule has 1 saturated heterocycles. The van der Waals surface area contributed by atoms with Gasteiger partial charge in [-0.2, -0.15) is 0 Å². The zero-order chi connectivity index (χ0) is 10.6. The van der Waals surface area contributed by atoms with Gasteiger partial charge >= 0.3 is 5.97 Å². The summed E-state index contributed by atoms with van der Waals surface area (Å²) in [7, 11) is 0. The van der Waals surface area contributed by atoms with Crippen LogP contribution in [0.3, 0.4) is 0 Å². The quantitative estimate of drug-likeness (QED) is 0.736. The molecule has 0 saturated carbocycles. The molecule has 0 bridgehead atoms. The van der Waals surface area contributed by atoms with E-state index in [1.54, 1.807) is 0 Å². The second kappa shape index (κ2) is 5.32. The van der Waals surface area contributed by atoms with Crippen molar-refractivity contribution in [3.8, 4) is 0 Å². The van der Waals surface area contributed by atoms with Crippen molar-refractivity contribution >= 4 is 5.97 Å². The first-order valence-electron chi connectivity index (χ1n) is 5.17. The Labute approximate surface area is 84.8 Å². The van der Waals surface area contributed by atoms with Crippen LogP contribution < -0.4 is 0 Å². The zero-order valence-electron chi connectivity index (χ0n) is 8.90. The smallest absolute Gasteiger partial charge is 0.317 e. The van der Waals surface area contributed by atoms with Gasteiger partial charge in [0.1, 0.15) is 0 Å². The molecule has 1 aliphatic heterocycles. The van der Waals surface area contributed by atoms with Gasteiger partial charge in [-0.05, 0) is 26.7 Å². The second-order valence-corrected chi connectivity index (χ2v) is 4.05. The maximum Gasteiger partial charge on any atom is 0.317 e. The average molecular weight is 201 g/mol. The van der Waals surface area contributed by atoms with Crippen LogP contribution in [0.5, 0.6) is 0 Å². The van der Waals surface area contributed by atoms with Gasteiger partial charge in [-0.1, -0.05) is 0 Å². The third-order valence-electron chi connectivity index (χ3n) is 2.36. The summed E-state index contributed by atoms with van der Waals surface area (Å²) in [5, 5.41) is 8.60. The number of piperidine rings is 1. The lowest BCUT2D eigenvalue weighted by molar-refractivity contribution is -0.139. The van der Waals surface area contributed by atoms with Crippen LogP contribution in [0.25, 0.3) is 0 Å². The predicted molar refractivity (Wildman–Crippen MR) is 53.3 cm³/mol. The average Bonchev–Trinajstić information content (AvgIpc) is 2.06. The molecule has 1 N–H and O–H groups in total. The fourth-order valence-corrected chi connectivity index (χ4v) is 1.78. The van der Waals surface area contributed by atoms with Gasteiger partial charge < -0.3 is 9.84 Å². The number of likely N-dealkylation sites (tertiary alicyclic amines) is 1. The Kier molecular flexibility index (Phi) is 4.35. The van der Waals surface area contributed by atoms with Gasteiger partial charge in [0, 0.05) is 13.1 Å².